The van der Waals surface area contributed by atoms with Crippen molar-refractivity contribution in [3.63, 3.8) is 0 Å². The van der Waals surface area contributed by atoms with Gasteiger partial charge in [-0.3, -0.25) is 9.78 Å². The zero-order valence-corrected chi connectivity index (χ0v) is 21.3. The number of pyridine rings is 3. The Balaban J connectivity index is 1.45. The Morgan fingerprint density at radius 2 is 1.51 bits per heavy atom. The summed E-state index contributed by atoms with van der Waals surface area (Å²) in [6.45, 7) is 1.91. The molecule has 1 saturated heterocycles. The monoisotopic (exact) mass is 493 g/mol. The van der Waals surface area contributed by atoms with Gasteiger partial charge < -0.3 is 14.8 Å². The first-order valence-electron chi connectivity index (χ1n) is 11.7. The van der Waals surface area contributed by atoms with Gasteiger partial charge in [0.15, 0.2) is 0 Å². The number of nitrogens with one attached hydrogen (secondary N) is 1. The number of aryl methyl sites for hydroxylation is 1. The van der Waals surface area contributed by atoms with Crippen molar-refractivity contribution in [1.82, 2.24) is 24.5 Å². The lowest BCUT2D eigenvalue weighted by molar-refractivity contribution is 0.102. The van der Waals surface area contributed by atoms with E-state index in [1.165, 1.54) is 18.3 Å². The van der Waals surface area contributed by atoms with Gasteiger partial charge in [-0.25, -0.2) is 15.0 Å². The van der Waals surface area contributed by atoms with Crippen LogP contribution in [0.4, 0.5) is 11.6 Å². The molecule has 172 valence electrons. The second-order valence-corrected chi connectivity index (χ2v) is 9.82. The first-order chi connectivity index (χ1) is 18.1. The van der Waals surface area contributed by atoms with Crippen LogP contribution in [0, 0.1) is 6.92 Å². The van der Waals surface area contributed by atoms with Gasteiger partial charge in [0.05, 0.1) is 86.4 Å². The number of hydrogen-bond acceptors (Lipinski definition) is 6. The van der Waals surface area contributed by atoms with Gasteiger partial charge in [0, 0.05) is 36.0 Å². The topological polar surface area (TPSA) is 88.8 Å². The summed E-state index contributed by atoms with van der Waals surface area (Å²) < 4.78 is 1.96. The van der Waals surface area contributed by atoms with Crippen molar-refractivity contribution in [2.75, 3.05) is 10.2 Å². The van der Waals surface area contributed by atoms with Crippen LogP contribution in [0.5, 0.6) is 0 Å². The van der Waals surface area contributed by atoms with Gasteiger partial charge in [0.1, 0.15) is 17.5 Å². The summed E-state index contributed by atoms with van der Waals surface area (Å²) in [5.74, 6) is 0.613. The number of carbonyl (C=O) groups excluding carboxylic acids is 1. The normalized spacial score (nSPS) is 18.7. The number of aromatic nitrogens is 5. The number of carbonyl (C=O) groups is 1. The van der Waals surface area contributed by atoms with E-state index in [0.717, 1.165) is 27.4 Å². The van der Waals surface area contributed by atoms with Gasteiger partial charge in [0.2, 0.25) is 0 Å². The van der Waals surface area contributed by atoms with Crippen LogP contribution in [0.15, 0.2) is 49.1 Å². The molecule has 4 aromatic rings. The Hall–Kier alpha value is -3.29. The number of fused-ring (bicyclic) bond motifs is 1. The smallest absolute Gasteiger partial charge is 0.257 e. The zero-order valence-electron chi connectivity index (χ0n) is 21.3. The summed E-state index contributed by atoms with van der Waals surface area (Å²) in [5.41, 5.74) is 2.57. The third-order valence-electron chi connectivity index (χ3n) is 7.31. The molecular weight excluding hydrogens is 477 g/mol. The number of imidazole rings is 1. The van der Waals surface area contributed by atoms with E-state index in [4.69, 9.17) is 62.8 Å². The van der Waals surface area contributed by atoms with E-state index in [9.17, 15) is 4.79 Å². The van der Waals surface area contributed by atoms with E-state index in [-0.39, 0.29) is 17.2 Å². The quantitative estimate of drug-likeness (QED) is 0.394. The van der Waals surface area contributed by atoms with Crippen molar-refractivity contribution in [3.8, 4) is 11.3 Å². The Morgan fingerprint density at radius 1 is 0.846 bits per heavy atom. The van der Waals surface area contributed by atoms with E-state index in [0.29, 0.717) is 5.52 Å². The van der Waals surface area contributed by atoms with Crippen molar-refractivity contribution >= 4 is 91.2 Å². The zero-order chi connectivity index (χ0) is 28.5. The van der Waals surface area contributed by atoms with Crippen molar-refractivity contribution in [2.24, 2.45) is 7.05 Å². The average molecular weight is 492 g/mol. The van der Waals surface area contributed by atoms with Crippen LogP contribution >= 0.6 is 0 Å². The first kappa shape index (κ1) is 27.3. The molecule has 0 bridgehead atoms. The molecular formula is C23H15B8N7O. The van der Waals surface area contributed by atoms with Crippen LogP contribution < -0.4 is 10.2 Å². The van der Waals surface area contributed by atoms with Gasteiger partial charge in [0.25, 0.3) is 5.91 Å². The lowest BCUT2D eigenvalue weighted by Gasteiger charge is -2.49. The average Bonchev–Trinajstić information content (AvgIpc) is 3.23. The van der Waals surface area contributed by atoms with E-state index < -0.39 is 27.0 Å². The van der Waals surface area contributed by atoms with Gasteiger partial charge in [-0.05, 0) is 41.9 Å². The number of amides is 1. The molecule has 0 unspecified atom stereocenters. The summed E-state index contributed by atoms with van der Waals surface area (Å²) in [6, 6.07) is 6.46. The number of hydrogen-bond donors (Lipinski definition) is 1. The molecule has 5 heterocycles. The molecule has 1 fully saturated rings. The van der Waals surface area contributed by atoms with E-state index in [1.54, 1.807) is 24.7 Å². The van der Waals surface area contributed by atoms with E-state index in [2.05, 4.69) is 25.3 Å². The summed E-state index contributed by atoms with van der Waals surface area (Å²) >= 11 is 0. The SMILES string of the molecule is [B]C1([B])N(c2cc(C(=O)Nc3cc4cc(-c5cnc(C)n5C)cnc4cn3)ccn2)C([B])([B])C([B])([B])C1([B])[B]. The van der Waals surface area contributed by atoms with Crippen LogP contribution in [0.3, 0.4) is 0 Å². The van der Waals surface area contributed by atoms with Crippen LogP contribution in [0.25, 0.3) is 22.2 Å². The number of rotatable bonds is 4. The predicted molar refractivity (Wildman–Crippen MR) is 158 cm³/mol. The van der Waals surface area contributed by atoms with Crippen molar-refractivity contribution in [3.05, 3.63) is 60.4 Å². The van der Waals surface area contributed by atoms with Crippen molar-refractivity contribution < 1.29 is 4.79 Å². The molecule has 4 aromatic heterocycles. The molecule has 0 spiro atoms. The second-order valence-electron chi connectivity index (χ2n) is 9.82. The molecule has 0 atom stereocenters. The largest absolute Gasteiger partial charge is 0.382 e. The fourth-order valence-electron chi connectivity index (χ4n) is 4.60. The Labute approximate surface area is 237 Å². The van der Waals surface area contributed by atoms with Crippen LogP contribution in [-0.2, 0) is 7.05 Å². The molecule has 0 aliphatic carbocycles. The highest BCUT2D eigenvalue weighted by Gasteiger charge is 2.63. The first-order valence-corrected chi connectivity index (χ1v) is 11.7. The van der Waals surface area contributed by atoms with Crippen molar-refractivity contribution in [2.45, 2.75) is 28.0 Å². The predicted octanol–water partition coefficient (Wildman–Crippen LogP) is -0.306. The highest BCUT2D eigenvalue weighted by molar-refractivity contribution is 6.69. The molecule has 1 aliphatic heterocycles. The fourth-order valence-corrected chi connectivity index (χ4v) is 4.60. The van der Waals surface area contributed by atoms with E-state index in [1.807, 2.05) is 24.6 Å². The fraction of sp³-hybridized carbons (Fsp3) is 0.261. The van der Waals surface area contributed by atoms with Crippen LogP contribution in [0.1, 0.15) is 16.2 Å². The van der Waals surface area contributed by atoms with Crippen LogP contribution in [-0.4, -0.2) is 104 Å². The summed E-state index contributed by atoms with van der Waals surface area (Å²) in [4.78, 5) is 31.5. The maximum atomic E-state index is 13.2. The summed E-state index contributed by atoms with van der Waals surface area (Å²) in [5, 5.41) is -5.07. The summed E-state index contributed by atoms with van der Waals surface area (Å²) in [7, 11) is 51.2. The molecule has 0 aromatic carbocycles. The van der Waals surface area contributed by atoms with E-state index >= 15 is 0 Å². The molecule has 8 nitrogen and oxygen atoms in total. The van der Waals surface area contributed by atoms with Crippen LogP contribution in [0.2, 0.25) is 10.4 Å². The third kappa shape index (κ3) is 3.97. The molecule has 1 N–H and O–H groups in total. The highest BCUT2D eigenvalue weighted by atomic mass is 16.1. The summed E-state index contributed by atoms with van der Waals surface area (Å²) in [6.07, 6.45) is 6.41. The number of nitrogens with zero attached hydrogens (tertiary/aromatic N) is 6. The molecule has 1 aliphatic rings. The van der Waals surface area contributed by atoms with Gasteiger partial charge in [-0.15, -0.1) is 10.4 Å². The van der Waals surface area contributed by atoms with Gasteiger partial charge >= 0.3 is 0 Å². The Kier molecular flexibility index (Phi) is 6.20. The standard InChI is InChI=1S/C23H15B8N7O/c1-11-33-10-16(37(11)2)14-5-13-6-17(35-9-15(13)34-8-14)36-19(39)12-3-4-32-18(7-12)38-22(28,29)20(24,25)21(26,27)23(38,30)31/h3-10H,1-2H3,(H,35,36,39). The molecule has 16 heteroatoms. The molecule has 16 radical (unpaired) electrons. The minimum atomic E-state index is -2.15. The van der Waals surface area contributed by atoms with Gasteiger partial charge in [-0.1, -0.05) is 0 Å². The molecule has 39 heavy (non-hydrogen) atoms. The number of anilines is 2. The maximum Gasteiger partial charge on any atom is 0.257 e. The molecule has 1 amide bonds. The lowest BCUT2D eigenvalue weighted by Crippen LogP contribution is -2.60. The lowest BCUT2D eigenvalue weighted by atomic mass is 9.17. The molecule has 0 saturated carbocycles. The Bertz CT molecular complexity index is 1600. The maximum absolute atomic E-state index is 13.2. The second kappa shape index (κ2) is 8.86. The van der Waals surface area contributed by atoms with Gasteiger partial charge in [-0.2, -0.15) is 0 Å². The highest BCUT2D eigenvalue weighted by Crippen LogP contribution is 2.63. The molecule has 5 rings (SSSR count). The Morgan fingerprint density at radius 3 is 2.13 bits per heavy atom. The minimum Gasteiger partial charge on any atom is -0.382 e. The minimum absolute atomic E-state index is 0.0255. The van der Waals surface area contributed by atoms with Crippen molar-refractivity contribution in [1.29, 1.82) is 0 Å². The third-order valence-corrected chi connectivity index (χ3v) is 7.31.